The summed E-state index contributed by atoms with van der Waals surface area (Å²) in [7, 11) is 0. The molecular weight excluding hydrogens is 587 g/mol. The first kappa shape index (κ1) is 32.8. The molecule has 44 heavy (non-hydrogen) atoms. The van der Waals surface area contributed by atoms with Crippen LogP contribution in [0.5, 0.6) is 0 Å². The maximum Gasteiger partial charge on any atom is 0.164 e. The van der Waals surface area contributed by atoms with Crippen LogP contribution in [0.2, 0.25) is 10.0 Å². The zero-order valence-corrected chi connectivity index (χ0v) is 28.3. The van der Waals surface area contributed by atoms with Gasteiger partial charge in [0.15, 0.2) is 11.6 Å². The number of anilines is 2. The van der Waals surface area contributed by atoms with Crippen molar-refractivity contribution in [1.29, 1.82) is 0 Å². The van der Waals surface area contributed by atoms with Gasteiger partial charge in [-0.15, -0.1) is 0 Å². The summed E-state index contributed by atoms with van der Waals surface area (Å²) in [6.45, 7) is 8.43. The molecule has 6 rings (SSSR count). The van der Waals surface area contributed by atoms with Crippen molar-refractivity contribution in [3.8, 4) is 0 Å². The Morgan fingerprint density at radius 3 is 1.27 bits per heavy atom. The molecule has 0 aromatic heterocycles. The molecule has 2 aromatic rings. The number of hydrogen-bond donors (Lipinski definition) is 2. The molecule has 2 N–H and O–H groups in total. The minimum Gasteiger partial charge on any atom is -0.382 e. The van der Waals surface area contributed by atoms with E-state index in [-0.39, 0.29) is 11.6 Å². The Hall–Kier alpha value is -2.56. The van der Waals surface area contributed by atoms with Gasteiger partial charge in [0, 0.05) is 68.6 Å². The van der Waals surface area contributed by atoms with Crippen LogP contribution < -0.4 is 10.6 Å². The van der Waals surface area contributed by atoms with Crippen LogP contribution in [0.25, 0.3) is 11.1 Å². The number of carbonyl (C=O) groups is 2. The van der Waals surface area contributed by atoms with Crippen LogP contribution in [0.3, 0.4) is 0 Å². The molecule has 0 heterocycles. The summed E-state index contributed by atoms with van der Waals surface area (Å²) < 4.78 is 0. The SMILES string of the molecule is CC1=C(c2ccc(Cl)cc2NC2CCCCC2)C(=O)CC1C.CC1=C(c2ccc(Cl)cc2NC2CCCCC2)C(=O)CC1C. The minimum atomic E-state index is 0.263. The number of ketones is 2. The Morgan fingerprint density at radius 1 is 0.591 bits per heavy atom. The zero-order chi connectivity index (χ0) is 31.4. The van der Waals surface area contributed by atoms with Crippen molar-refractivity contribution >= 4 is 57.3 Å². The summed E-state index contributed by atoms with van der Waals surface area (Å²) in [6.07, 6.45) is 13.9. The molecule has 4 aliphatic carbocycles. The predicted molar refractivity (Wildman–Crippen MR) is 187 cm³/mol. The molecule has 0 amide bonds. The number of hydrogen-bond acceptors (Lipinski definition) is 4. The maximum absolute atomic E-state index is 12.4. The Morgan fingerprint density at radius 2 is 0.955 bits per heavy atom. The fourth-order valence-electron chi connectivity index (χ4n) is 7.37. The third-order valence-corrected chi connectivity index (χ3v) is 10.7. The van der Waals surface area contributed by atoms with E-state index in [0.717, 1.165) is 43.7 Å². The van der Waals surface area contributed by atoms with Gasteiger partial charge in [0.1, 0.15) is 0 Å². The highest BCUT2D eigenvalue weighted by molar-refractivity contribution is 6.32. The third-order valence-electron chi connectivity index (χ3n) is 10.2. The van der Waals surface area contributed by atoms with Gasteiger partial charge in [0.2, 0.25) is 0 Å². The quantitative estimate of drug-likeness (QED) is 0.332. The summed E-state index contributed by atoms with van der Waals surface area (Å²) in [5.74, 6) is 1.22. The second-order valence-electron chi connectivity index (χ2n) is 13.5. The molecule has 2 fully saturated rings. The summed E-state index contributed by atoms with van der Waals surface area (Å²) in [5, 5.41) is 8.75. The Balaban J connectivity index is 0.000000175. The van der Waals surface area contributed by atoms with Crippen molar-refractivity contribution < 1.29 is 9.59 Å². The van der Waals surface area contributed by atoms with E-state index < -0.39 is 0 Å². The van der Waals surface area contributed by atoms with E-state index >= 15 is 0 Å². The first-order chi connectivity index (χ1) is 21.1. The van der Waals surface area contributed by atoms with Gasteiger partial charge in [-0.1, -0.05) is 98.9 Å². The van der Waals surface area contributed by atoms with Crippen LogP contribution in [0.15, 0.2) is 47.5 Å². The van der Waals surface area contributed by atoms with E-state index in [2.05, 4.69) is 38.3 Å². The van der Waals surface area contributed by atoms with E-state index in [1.807, 2.05) is 36.4 Å². The third kappa shape index (κ3) is 7.62. The van der Waals surface area contributed by atoms with Crippen molar-refractivity contribution in [2.75, 3.05) is 10.6 Å². The largest absolute Gasteiger partial charge is 0.382 e. The monoisotopic (exact) mass is 634 g/mol. The van der Waals surface area contributed by atoms with Gasteiger partial charge in [0.05, 0.1) is 0 Å². The van der Waals surface area contributed by atoms with E-state index in [0.29, 0.717) is 36.8 Å². The van der Waals surface area contributed by atoms with Crippen LogP contribution in [0, 0.1) is 11.8 Å². The highest BCUT2D eigenvalue weighted by Gasteiger charge is 2.30. The Bertz CT molecular complexity index is 1340. The van der Waals surface area contributed by atoms with Crippen molar-refractivity contribution in [2.24, 2.45) is 11.8 Å². The lowest BCUT2D eigenvalue weighted by molar-refractivity contribution is -0.114. The normalized spacial score (nSPS) is 23.2. The second kappa shape index (κ2) is 14.7. The van der Waals surface area contributed by atoms with Crippen molar-refractivity contribution in [1.82, 2.24) is 0 Å². The summed E-state index contributed by atoms with van der Waals surface area (Å²) in [5.41, 5.74) is 8.33. The van der Waals surface area contributed by atoms with Crippen molar-refractivity contribution in [2.45, 2.75) is 117 Å². The van der Waals surface area contributed by atoms with Crippen LogP contribution in [0.1, 0.15) is 116 Å². The minimum absolute atomic E-state index is 0.263. The molecule has 236 valence electrons. The van der Waals surface area contributed by atoms with Gasteiger partial charge in [-0.05, 0) is 75.6 Å². The molecule has 2 saturated carbocycles. The standard InChI is InChI=1S/2C19H24ClNO/c2*1-12-10-18(22)19(13(12)2)16-9-8-14(20)11-17(16)21-15-6-4-3-5-7-15/h2*8-9,11-12,15,21H,3-7,10H2,1-2H3. The van der Waals surface area contributed by atoms with E-state index in [4.69, 9.17) is 23.2 Å². The highest BCUT2D eigenvalue weighted by Crippen LogP contribution is 2.41. The summed E-state index contributed by atoms with van der Waals surface area (Å²) >= 11 is 12.4. The topological polar surface area (TPSA) is 58.2 Å². The number of rotatable bonds is 6. The van der Waals surface area contributed by atoms with E-state index in [1.165, 1.54) is 75.4 Å². The van der Waals surface area contributed by atoms with Gasteiger partial charge >= 0.3 is 0 Å². The maximum atomic E-state index is 12.4. The van der Waals surface area contributed by atoms with Crippen LogP contribution in [-0.2, 0) is 9.59 Å². The fourth-order valence-corrected chi connectivity index (χ4v) is 7.71. The lowest BCUT2D eigenvalue weighted by atomic mass is 9.94. The fraction of sp³-hybridized carbons (Fsp3) is 0.526. The molecule has 0 radical (unpaired) electrons. The van der Waals surface area contributed by atoms with Gasteiger partial charge in [-0.3, -0.25) is 9.59 Å². The lowest BCUT2D eigenvalue weighted by Crippen LogP contribution is -2.23. The van der Waals surface area contributed by atoms with Gasteiger partial charge in [0.25, 0.3) is 0 Å². The molecule has 0 saturated heterocycles. The van der Waals surface area contributed by atoms with Gasteiger partial charge in [-0.25, -0.2) is 0 Å². The number of nitrogens with one attached hydrogen (secondary N) is 2. The number of allylic oxidation sites excluding steroid dienone is 4. The molecule has 0 aliphatic heterocycles. The molecular formula is C38H48Cl2N2O2. The number of Topliss-reactive ketones (excluding diaryl/α,β-unsaturated/α-hetero) is 2. The number of benzene rings is 2. The lowest BCUT2D eigenvalue weighted by Gasteiger charge is -2.25. The van der Waals surface area contributed by atoms with Gasteiger partial charge < -0.3 is 10.6 Å². The molecule has 0 spiro atoms. The van der Waals surface area contributed by atoms with Crippen molar-refractivity contribution in [3.63, 3.8) is 0 Å². The molecule has 4 aliphatic rings. The average Bonchev–Trinajstić information content (AvgIpc) is 3.41. The Labute approximate surface area is 274 Å². The number of halogens is 2. The molecule has 2 atom stereocenters. The first-order valence-electron chi connectivity index (χ1n) is 16.7. The molecule has 0 bridgehead atoms. The average molecular weight is 636 g/mol. The van der Waals surface area contributed by atoms with Gasteiger partial charge in [-0.2, -0.15) is 0 Å². The Kier molecular flexibility index (Phi) is 11.0. The first-order valence-corrected chi connectivity index (χ1v) is 17.5. The van der Waals surface area contributed by atoms with Crippen LogP contribution in [0.4, 0.5) is 11.4 Å². The highest BCUT2D eigenvalue weighted by atomic mass is 35.5. The molecule has 4 nitrogen and oxygen atoms in total. The summed E-state index contributed by atoms with van der Waals surface area (Å²) in [4.78, 5) is 24.8. The summed E-state index contributed by atoms with van der Waals surface area (Å²) in [6, 6.07) is 12.7. The molecule has 2 unspecified atom stereocenters. The van der Waals surface area contributed by atoms with Crippen LogP contribution >= 0.6 is 23.2 Å². The van der Waals surface area contributed by atoms with Crippen molar-refractivity contribution in [3.05, 3.63) is 68.7 Å². The molecule has 6 heteroatoms. The number of carbonyl (C=O) groups excluding carboxylic acids is 2. The molecule has 2 aromatic carbocycles. The second-order valence-corrected chi connectivity index (χ2v) is 14.4. The van der Waals surface area contributed by atoms with E-state index in [1.54, 1.807) is 0 Å². The predicted octanol–water partition coefficient (Wildman–Crippen LogP) is 10.9. The van der Waals surface area contributed by atoms with E-state index in [9.17, 15) is 9.59 Å². The van der Waals surface area contributed by atoms with Crippen LogP contribution in [-0.4, -0.2) is 23.7 Å². The smallest absolute Gasteiger partial charge is 0.164 e. The zero-order valence-electron chi connectivity index (χ0n) is 26.8.